The molecule has 0 amide bonds. The van der Waals surface area contributed by atoms with Crippen LogP contribution in [0.3, 0.4) is 0 Å². The first-order chi connectivity index (χ1) is 22.3. The second-order valence-corrected chi connectivity index (χ2v) is 15.0. The lowest BCUT2D eigenvalue weighted by molar-refractivity contribution is -0.331. The minimum absolute atomic E-state index is 0.00514. The summed E-state index contributed by atoms with van der Waals surface area (Å²) in [5.41, 5.74) is 1.19. The molecule has 47 heavy (non-hydrogen) atoms. The minimum atomic E-state index is -1.34. The van der Waals surface area contributed by atoms with Crippen LogP contribution in [0.5, 0.6) is 0 Å². The normalized spacial score (nSPS) is 37.7. The zero-order chi connectivity index (χ0) is 34.4. The van der Waals surface area contributed by atoms with E-state index >= 15 is 0 Å². The van der Waals surface area contributed by atoms with Crippen LogP contribution in [0.15, 0.2) is 47.1 Å². The Hall–Kier alpha value is -2.30. The van der Waals surface area contributed by atoms with Crippen molar-refractivity contribution in [3.05, 3.63) is 47.1 Å². The summed E-state index contributed by atoms with van der Waals surface area (Å²) in [6.07, 6.45) is 13.6. The Balaban J connectivity index is 1.31. The molecule has 9 nitrogen and oxygen atoms in total. The van der Waals surface area contributed by atoms with Crippen LogP contribution in [-0.2, 0) is 33.3 Å². The molecule has 4 rings (SSSR count). The quantitative estimate of drug-likeness (QED) is 0.137. The Morgan fingerprint density at radius 3 is 2.66 bits per heavy atom. The first kappa shape index (κ1) is 37.5. The van der Waals surface area contributed by atoms with Crippen LogP contribution in [0.25, 0.3) is 0 Å². The van der Waals surface area contributed by atoms with E-state index in [1.165, 1.54) is 5.57 Å². The highest BCUT2D eigenvalue weighted by Crippen LogP contribution is 2.45. The Bertz CT molecular complexity index is 1200. The molecular formula is C38H58O9. The fourth-order valence-corrected chi connectivity index (χ4v) is 7.42. The van der Waals surface area contributed by atoms with Crippen LogP contribution < -0.4 is 0 Å². The first-order valence-electron chi connectivity index (χ1n) is 17.6. The van der Waals surface area contributed by atoms with Crippen molar-refractivity contribution in [2.75, 3.05) is 13.2 Å². The van der Waals surface area contributed by atoms with Crippen molar-refractivity contribution in [3.8, 4) is 0 Å². The summed E-state index contributed by atoms with van der Waals surface area (Å²) in [7, 11) is 0. The maximum Gasteiger partial charge on any atom is 0.306 e. The molecule has 0 aromatic carbocycles. The Morgan fingerprint density at radius 2 is 1.96 bits per heavy atom. The van der Waals surface area contributed by atoms with E-state index in [-0.39, 0.29) is 49.3 Å². The van der Waals surface area contributed by atoms with Crippen molar-refractivity contribution >= 4 is 12.4 Å². The molecule has 3 fully saturated rings. The van der Waals surface area contributed by atoms with Crippen LogP contribution in [0.2, 0.25) is 0 Å². The van der Waals surface area contributed by atoms with Gasteiger partial charge in [0.15, 0.2) is 5.79 Å². The van der Waals surface area contributed by atoms with Gasteiger partial charge in [0.25, 0.3) is 6.47 Å². The van der Waals surface area contributed by atoms with Crippen LogP contribution in [-0.4, -0.2) is 77.8 Å². The van der Waals surface area contributed by atoms with Crippen molar-refractivity contribution < 1.29 is 43.5 Å². The molecule has 1 aliphatic carbocycles. The molecule has 2 N–H and O–H groups in total. The topological polar surface area (TPSA) is 121 Å². The van der Waals surface area contributed by atoms with Gasteiger partial charge in [0.05, 0.1) is 18.8 Å². The number of esters is 1. The Labute approximate surface area is 281 Å². The Morgan fingerprint density at radius 1 is 1.19 bits per heavy atom. The van der Waals surface area contributed by atoms with Gasteiger partial charge in [-0.2, -0.15) is 0 Å². The summed E-state index contributed by atoms with van der Waals surface area (Å²) in [6, 6.07) is 0. The maximum absolute atomic E-state index is 12.1. The molecule has 0 aromatic rings. The molecular weight excluding hydrogens is 600 g/mol. The molecule has 0 aromatic heterocycles. The average Bonchev–Trinajstić information content (AvgIpc) is 3.36. The molecule has 264 valence electrons. The van der Waals surface area contributed by atoms with E-state index in [1.54, 1.807) is 0 Å². The molecule has 3 saturated heterocycles. The molecule has 10 unspecified atom stereocenters. The standard InChI is InChI=1S/C38H58O9/c1-24(2)11-14-34(40)43-21-30-18-28(6)38(42)31(22-44-36(38)35(30)41)10-8-9-25(3)17-26(4)12-13-32-19-33(45-23-39)20-37(47-32)16-15-27(5)29(7)46-37/h8-10,12,18,23-25,27-29,32-33,35-36,41-42H,11,13-17,19-22H2,1-7H3. The highest BCUT2D eigenvalue weighted by Gasteiger charge is 2.55. The van der Waals surface area contributed by atoms with Gasteiger partial charge in [-0.15, -0.1) is 0 Å². The van der Waals surface area contributed by atoms with Gasteiger partial charge in [-0.3, -0.25) is 9.59 Å². The predicted octanol–water partition coefficient (Wildman–Crippen LogP) is 6.13. The number of aliphatic hydroxyl groups excluding tert-OH is 1. The van der Waals surface area contributed by atoms with Gasteiger partial charge in [0.2, 0.25) is 0 Å². The summed E-state index contributed by atoms with van der Waals surface area (Å²) >= 11 is 0. The number of carbonyl (C=O) groups is 2. The zero-order valence-electron chi connectivity index (χ0n) is 29.5. The largest absolute Gasteiger partial charge is 0.464 e. The number of hydrogen-bond acceptors (Lipinski definition) is 9. The summed E-state index contributed by atoms with van der Waals surface area (Å²) in [5, 5.41) is 22.8. The molecule has 1 spiro atoms. The lowest BCUT2D eigenvalue weighted by Crippen LogP contribution is -2.54. The third-order valence-corrected chi connectivity index (χ3v) is 10.5. The van der Waals surface area contributed by atoms with Gasteiger partial charge in [-0.05, 0) is 68.4 Å². The van der Waals surface area contributed by atoms with Crippen molar-refractivity contribution in [3.63, 3.8) is 0 Å². The van der Waals surface area contributed by atoms with Gasteiger partial charge in [-0.25, -0.2) is 0 Å². The fraction of sp³-hybridized carbons (Fsp3) is 0.737. The number of fused-ring (bicyclic) bond motifs is 1. The first-order valence-corrected chi connectivity index (χ1v) is 17.6. The number of allylic oxidation sites excluding steroid dienone is 4. The molecule has 4 aliphatic rings. The second-order valence-electron chi connectivity index (χ2n) is 15.0. The number of rotatable bonds is 13. The molecule has 0 radical (unpaired) electrons. The van der Waals surface area contributed by atoms with Crippen LogP contribution >= 0.6 is 0 Å². The van der Waals surface area contributed by atoms with E-state index < -0.39 is 23.6 Å². The van der Waals surface area contributed by atoms with Crippen LogP contribution in [0, 0.1) is 23.7 Å². The van der Waals surface area contributed by atoms with E-state index in [0.717, 1.165) is 37.7 Å². The van der Waals surface area contributed by atoms with Crippen molar-refractivity contribution in [2.24, 2.45) is 23.7 Å². The number of aliphatic hydroxyl groups is 2. The summed E-state index contributed by atoms with van der Waals surface area (Å²) in [5.74, 6) is -0.179. The lowest BCUT2D eigenvalue weighted by Gasteiger charge is -2.48. The number of carbonyl (C=O) groups excluding carboxylic acids is 2. The van der Waals surface area contributed by atoms with Crippen molar-refractivity contribution in [2.45, 2.75) is 142 Å². The van der Waals surface area contributed by atoms with E-state index in [9.17, 15) is 19.8 Å². The summed E-state index contributed by atoms with van der Waals surface area (Å²) in [4.78, 5) is 23.3. The second kappa shape index (κ2) is 16.4. The van der Waals surface area contributed by atoms with E-state index in [4.69, 9.17) is 23.7 Å². The van der Waals surface area contributed by atoms with Gasteiger partial charge < -0.3 is 33.9 Å². The molecule has 3 aliphatic heterocycles. The van der Waals surface area contributed by atoms with Gasteiger partial charge in [0, 0.05) is 31.6 Å². The molecule has 0 saturated carbocycles. The van der Waals surface area contributed by atoms with E-state index in [2.05, 4.69) is 53.7 Å². The lowest BCUT2D eigenvalue weighted by atomic mass is 9.71. The molecule has 3 heterocycles. The van der Waals surface area contributed by atoms with Crippen molar-refractivity contribution in [1.82, 2.24) is 0 Å². The zero-order valence-corrected chi connectivity index (χ0v) is 29.5. The van der Waals surface area contributed by atoms with Crippen LogP contribution in [0.4, 0.5) is 0 Å². The van der Waals surface area contributed by atoms with Gasteiger partial charge in [0.1, 0.15) is 30.5 Å². The Kier molecular flexibility index (Phi) is 13.1. The van der Waals surface area contributed by atoms with Crippen LogP contribution in [0.1, 0.15) is 99.8 Å². The summed E-state index contributed by atoms with van der Waals surface area (Å²) in [6.45, 7) is 15.3. The third-order valence-electron chi connectivity index (χ3n) is 10.5. The van der Waals surface area contributed by atoms with E-state index in [0.29, 0.717) is 43.1 Å². The number of ether oxygens (including phenoxy) is 5. The van der Waals surface area contributed by atoms with E-state index in [1.807, 2.05) is 25.2 Å². The predicted molar refractivity (Wildman–Crippen MR) is 179 cm³/mol. The fourth-order valence-electron chi connectivity index (χ4n) is 7.42. The summed E-state index contributed by atoms with van der Waals surface area (Å²) < 4.78 is 29.7. The van der Waals surface area contributed by atoms with Gasteiger partial charge >= 0.3 is 5.97 Å². The highest BCUT2D eigenvalue weighted by molar-refractivity contribution is 5.69. The molecule has 10 atom stereocenters. The molecule has 0 bridgehead atoms. The minimum Gasteiger partial charge on any atom is -0.464 e. The maximum atomic E-state index is 12.1. The highest BCUT2D eigenvalue weighted by atomic mass is 16.7. The third kappa shape index (κ3) is 9.44. The monoisotopic (exact) mass is 658 g/mol. The smallest absolute Gasteiger partial charge is 0.306 e. The number of hydrogen-bond donors (Lipinski definition) is 2. The van der Waals surface area contributed by atoms with Gasteiger partial charge in [-0.1, -0.05) is 70.6 Å². The average molecular weight is 659 g/mol. The SMILES string of the molecule is CC(=CCC1CC(OC=O)CC2(CCC(C)C(C)O2)O1)CC(C)C=CC=C1COC2C(O)C(COC(=O)CCC(C)C)=CC(C)C12O. The molecule has 9 heteroatoms. The van der Waals surface area contributed by atoms with Crippen molar-refractivity contribution in [1.29, 1.82) is 0 Å².